The Labute approximate surface area is 129 Å². The van der Waals surface area contributed by atoms with Crippen LogP contribution in [0.1, 0.15) is 16.7 Å². The average molecular weight is 293 g/mol. The zero-order valence-corrected chi connectivity index (χ0v) is 13.1. The summed E-state index contributed by atoms with van der Waals surface area (Å²) in [4.78, 5) is 12.4. The van der Waals surface area contributed by atoms with Crippen LogP contribution in [-0.4, -0.2) is 14.3 Å². The summed E-state index contributed by atoms with van der Waals surface area (Å²) in [7, 11) is 1.69. The highest BCUT2D eigenvalue weighted by Gasteiger charge is 2.14. The number of hydrogen-bond donors (Lipinski definition) is 0. The second-order valence-corrected chi connectivity index (χ2v) is 5.61. The van der Waals surface area contributed by atoms with Gasteiger partial charge >= 0.3 is 5.69 Å². The number of aromatic nitrogens is 3. The molecule has 0 atom stereocenters. The molecular formula is C18H19N3O. The van der Waals surface area contributed by atoms with Crippen molar-refractivity contribution >= 4 is 0 Å². The van der Waals surface area contributed by atoms with Crippen molar-refractivity contribution in [3.8, 4) is 11.4 Å². The summed E-state index contributed by atoms with van der Waals surface area (Å²) < 4.78 is 3.13. The maximum absolute atomic E-state index is 12.4. The topological polar surface area (TPSA) is 39.8 Å². The number of aryl methyl sites for hydroxylation is 3. The number of rotatable bonds is 3. The lowest BCUT2D eigenvalue weighted by Crippen LogP contribution is -2.23. The molecule has 0 amide bonds. The number of hydrogen-bond acceptors (Lipinski definition) is 2. The maximum atomic E-state index is 12.4. The monoisotopic (exact) mass is 293 g/mol. The highest BCUT2D eigenvalue weighted by molar-refractivity contribution is 5.56. The fraction of sp³-hybridized carbons (Fsp3) is 0.222. The third kappa shape index (κ3) is 2.60. The zero-order chi connectivity index (χ0) is 15.7. The Morgan fingerprint density at radius 2 is 1.82 bits per heavy atom. The molecule has 0 aliphatic carbocycles. The Balaban J connectivity index is 2.12. The van der Waals surface area contributed by atoms with Gasteiger partial charge in [-0.05, 0) is 31.0 Å². The highest BCUT2D eigenvalue weighted by atomic mass is 16.2. The van der Waals surface area contributed by atoms with Crippen molar-refractivity contribution < 1.29 is 0 Å². The van der Waals surface area contributed by atoms with Crippen molar-refractivity contribution in [1.82, 2.24) is 14.3 Å². The van der Waals surface area contributed by atoms with E-state index in [1.807, 2.05) is 37.3 Å². The molecule has 1 heterocycles. The quantitative estimate of drug-likeness (QED) is 0.745. The van der Waals surface area contributed by atoms with Gasteiger partial charge in [0.1, 0.15) is 0 Å². The van der Waals surface area contributed by atoms with Crippen molar-refractivity contribution in [3.05, 3.63) is 75.7 Å². The van der Waals surface area contributed by atoms with E-state index in [-0.39, 0.29) is 5.69 Å². The van der Waals surface area contributed by atoms with Gasteiger partial charge < -0.3 is 0 Å². The molecule has 0 N–H and O–H groups in total. The van der Waals surface area contributed by atoms with Crippen LogP contribution in [0.3, 0.4) is 0 Å². The molecule has 112 valence electrons. The summed E-state index contributed by atoms with van der Waals surface area (Å²) >= 11 is 0. The summed E-state index contributed by atoms with van der Waals surface area (Å²) in [5.74, 6) is 0.708. The van der Waals surface area contributed by atoms with Gasteiger partial charge in [-0.25, -0.2) is 9.48 Å². The molecule has 0 saturated heterocycles. The van der Waals surface area contributed by atoms with Crippen molar-refractivity contribution in [2.45, 2.75) is 20.4 Å². The van der Waals surface area contributed by atoms with E-state index in [0.29, 0.717) is 12.4 Å². The molecule has 4 nitrogen and oxygen atoms in total. The Morgan fingerprint density at radius 1 is 1.05 bits per heavy atom. The third-order valence-electron chi connectivity index (χ3n) is 3.87. The fourth-order valence-corrected chi connectivity index (χ4v) is 2.60. The minimum atomic E-state index is -0.0974. The van der Waals surface area contributed by atoms with Gasteiger partial charge in [-0.1, -0.05) is 48.0 Å². The van der Waals surface area contributed by atoms with Crippen LogP contribution in [0.15, 0.2) is 53.3 Å². The standard InChI is InChI=1S/C18H19N3O/c1-13-7-6-10-15(11-13)17-19-20(3)18(22)21(17)12-16-9-5-4-8-14(16)2/h4-11H,12H2,1-3H3. The third-order valence-corrected chi connectivity index (χ3v) is 3.87. The lowest BCUT2D eigenvalue weighted by atomic mass is 10.1. The van der Waals surface area contributed by atoms with Crippen molar-refractivity contribution in [2.75, 3.05) is 0 Å². The molecule has 0 radical (unpaired) electrons. The molecule has 2 aromatic carbocycles. The van der Waals surface area contributed by atoms with Crippen molar-refractivity contribution in [1.29, 1.82) is 0 Å². The summed E-state index contributed by atoms with van der Waals surface area (Å²) in [5, 5.41) is 4.41. The Hall–Kier alpha value is -2.62. The normalized spacial score (nSPS) is 10.9. The second-order valence-electron chi connectivity index (χ2n) is 5.61. The Kier molecular flexibility index (Phi) is 3.67. The van der Waals surface area contributed by atoms with Gasteiger partial charge in [0.15, 0.2) is 5.82 Å². The van der Waals surface area contributed by atoms with E-state index in [4.69, 9.17) is 0 Å². The molecule has 0 unspecified atom stereocenters. The molecule has 22 heavy (non-hydrogen) atoms. The first-order valence-electron chi connectivity index (χ1n) is 7.31. The van der Waals surface area contributed by atoms with Crippen LogP contribution in [0.25, 0.3) is 11.4 Å². The average Bonchev–Trinajstić information content (AvgIpc) is 2.78. The fourth-order valence-electron chi connectivity index (χ4n) is 2.60. The van der Waals surface area contributed by atoms with Gasteiger partial charge in [-0.15, -0.1) is 5.10 Å². The number of nitrogens with zero attached hydrogens (tertiary/aromatic N) is 3. The van der Waals surface area contributed by atoms with Crippen LogP contribution in [0.2, 0.25) is 0 Å². The van der Waals surface area contributed by atoms with E-state index in [0.717, 1.165) is 16.7 Å². The maximum Gasteiger partial charge on any atom is 0.346 e. The molecule has 1 aromatic heterocycles. The lowest BCUT2D eigenvalue weighted by Gasteiger charge is -2.09. The molecule has 0 spiro atoms. The minimum absolute atomic E-state index is 0.0974. The van der Waals surface area contributed by atoms with Gasteiger partial charge in [-0.3, -0.25) is 4.57 Å². The van der Waals surface area contributed by atoms with Crippen molar-refractivity contribution in [3.63, 3.8) is 0 Å². The predicted octanol–water partition coefficient (Wildman–Crippen LogP) is 2.91. The molecule has 3 aromatic rings. The van der Waals surface area contributed by atoms with E-state index >= 15 is 0 Å². The summed E-state index contributed by atoms with van der Waals surface area (Å²) in [6.07, 6.45) is 0. The van der Waals surface area contributed by atoms with E-state index < -0.39 is 0 Å². The second kappa shape index (κ2) is 5.64. The smallest absolute Gasteiger partial charge is 0.270 e. The highest BCUT2D eigenvalue weighted by Crippen LogP contribution is 2.18. The summed E-state index contributed by atoms with van der Waals surface area (Å²) in [5.41, 5.74) is 4.32. The first kappa shape index (κ1) is 14.3. The SMILES string of the molecule is Cc1cccc(-c2nn(C)c(=O)n2Cc2ccccc2C)c1. The molecule has 0 aliphatic heterocycles. The Bertz CT molecular complexity index is 874. The van der Waals surface area contributed by atoms with Gasteiger partial charge in [0.2, 0.25) is 0 Å². The van der Waals surface area contributed by atoms with Gasteiger partial charge in [0, 0.05) is 12.6 Å². The lowest BCUT2D eigenvalue weighted by molar-refractivity contribution is 0.690. The zero-order valence-electron chi connectivity index (χ0n) is 13.1. The van der Waals surface area contributed by atoms with Gasteiger partial charge in [-0.2, -0.15) is 0 Å². The predicted molar refractivity (Wildman–Crippen MR) is 87.9 cm³/mol. The van der Waals surface area contributed by atoms with E-state index in [1.54, 1.807) is 11.6 Å². The molecule has 0 bridgehead atoms. The molecule has 0 fully saturated rings. The molecule has 0 saturated carbocycles. The first-order valence-corrected chi connectivity index (χ1v) is 7.31. The van der Waals surface area contributed by atoms with Gasteiger partial charge in [0.05, 0.1) is 6.54 Å². The van der Waals surface area contributed by atoms with E-state index in [9.17, 15) is 4.79 Å². The Morgan fingerprint density at radius 3 is 2.55 bits per heavy atom. The largest absolute Gasteiger partial charge is 0.346 e. The van der Waals surface area contributed by atoms with E-state index in [2.05, 4.69) is 30.2 Å². The van der Waals surface area contributed by atoms with Crippen LogP contribution in [0.5, 0.6) is 0 Å². The minimum Gasteiger partial charge on any atom is -0.270 e. The summed E-state index contributed by atoms with van der Waals surface area (Å²) in [6, 6.07) is 16.2. The van der Waals surface area contributed by atoms with Crippen LogP contribution < -0.4 is 5.69 Å². The van der Waals surface area contributed by atoms with Crippen LogP contribution >= 0.6 is 0 Å². The van der Waals surface area contributed by atoms with Crippen LogP contribution in [-0.2, 0) is 13.6 Å². The van der Waals surface area contributed by atoms with Crippen LogP contribution in [0, 0.1) is 13.8 Å². The van der Waals surface area contributed by atoms with Crippen LogP contribution in [0.4, 0.5) is 0 Å². The molecular weight excluding hydrogens is 274 g/mol. The van der Waals surface area contributed by atoms with E-state index in [1.165, 1.54) is 10.2 Å². The molecule has 4 heteroatoms. The number of benzene rings is 2. The molecule has 3 rings (SSSR count). The summed E-state index contributed by atoms with van der Waals surface area (Å²) in [6.45, 7) is 4.63. The van der Waals surface area contributed by atoms with Crippen molar-refractivity contribution in [2.24, 2.45) is 7.05 Å². The first-order chi connectivity index (χ1) is 10.6. The van der Waals surface area contributed by atoms with Gasteiger partial charge in [0.25, 0.3) is 0 Å². The molecule has 0 aliphatic rings.